The van der Waals surface area contributed by atoms with Crippen LogP contribution < -0.4 is 0 Å². The molecular weight excluding hydrogens is 404 g/mol. The SMILES string of the molecule is CC(C)CSc1ncc(-c2ccc(Br)cc2)n1-c1cccc(Cl)c1. The molecule has 0 unspecified atom stereocenters. The molecule has 0 N–H and O–H groups in total. The molecule has 0 bridgehead atoms. The van der Waals surface area contributed by atoms with Crippen molar-refractivity contribution >= 4 is 39.3 Å². The van der Waals surface area contributed by atoms with Crippen molar-refractivity contribution in [2.75, 3.05) is 5.75 Å². The molecule has 0 atom stereocenters. The van der Waals surface area contributed by atoms with Crippen molar-refractivity contribution in [1.82, 2.24) is 9.55 Å². The molecule has 1 aromatic heterocycles. The third-order valence-electron chi connectivity index (χ3n) is 3.48. The van der Waals surface area contributed by atoms with Crippen LogP contribution >= 0.6 is 39.3 Å². The minimum atomic E-state index is 0.607. The Morgan fingerprint density at radius 3 is 2.58 bits per heavy atom. The van der Waals surface area contributed by atoms with E-state index in [1.807, 2.05) is 36.5 Å². The third-order valence-corrected chi connectivity index (χ3v) is 5.62. The molecule has 24 heavy (non-hydrogen) atoms. The summed E-state index contributed by atoms with van der Waals surface area (Å²) in [7, 11) is 0. The fourth-order valence-electron chi connectivity index (χ4n) is 2.37. The average Bonchev–Trinajstić information content (AvgIpc) is 2.97. The minimum Gasteiger partial charge on any atom is -0.287 e. The molecule has 3 rings (SSSR count). The molecule has 3 aromatic rings. The van der Waals surface area contributed by atoms with Crippen LogP contribution in [0.3, 0.4) is 0 Å². The number of aromatic nitrogens is 2. The van der Waals surface area contributed by atoms with Crippen molar-refractivity contribution in [3.05, 3.63) is 64.2 Å². The normalized spacial score (nSPS) is 11.2. The van der Waals surface area contributed by atoms with E-state index >= 15 is 0 Å². The van der Waals surface area contributed by atoms with E-state index in [9.17, 15) is 0 Å². The van der Waals surface area contributed by atoms with Crippen LogP contribution in [0.4, 0.5) is 0 Å². The summed E-state index contributed by atoms with van der Waals surface area (Å²) in [6.07, 6.45) is 1.94. The zero-order chi connectivity index (χ0) is 17.1. The summed E-state index contributed by atoms with van der Waals surface area (Å²) in [5, 5.41) is 1.71. The van der Waals surface area contributed by atoms with E-state index in [2.05, 4.69) is 57.5 Å². The summed E-state index contributed by atoms with van der Waals surface area (Å²) in [6, 6.07) is 16.2. The van der Waals surface area contributed by atoms with Crippen molar-refractivity contribution in [2.45, 2.75) is 19.0 Å². The van der Waals surface area contributed by atoms with Crippen LogP contribution in [0.5, 0.6) is 0 Å². The lowest BCUT2D eigenvalue weighted by molar-refractivity contribution is 0.746. The average molecular weight is 422 g/mol. The van der Waals surface area contributed by atoms with Gasteiger partial charge in [0.1, 0.15) is 0 Å². The van der Waals surface area contributed by atoms with Crippen LogP contribution in [0.25, 0.3) is 16.9 Å². The topological polar surface area (TPSA) is 17.8 Å². The van der Waals surface area contributed by atoms with Crippen molar-refractivity contribution in [1.29, 1.82) is 0 Å². The number of thioether (sulfide) groups is 1. The van der Waals surface area contributed by atoms with E-state index in [0.717, 1.165) is 37.3 Å². The van der Waals surface area contributed by atoms with Crippen LogP contribution in [0.1, 0.15) is 13.8 Å². The molecule has 5 heteroatoms. The summed E-state index contributed by atoms with van der Waals surface area (Å²) in [5.74, 6) is 1.63. The Morgan fingerprint density at radius 2 is 1.92 bits per heavy atom. The van der Waals surface area contributed by atoms with Crippen LogP contribution in [0.2, 0.25) is 5.02 Å². The molecule has 0 aliphatic heterocycles. The van der Waals surface area contributed by atoms with Gasteiger partial charge in [-0.15, -0.1) is 0 Å². The Balaban J connectivity index is 2.10. The van der Waals surface area contributed by atoms with Gasteiger partial charge in [0, 0.05) is 26.5 Å². The minimum absolute atomic E-state index is 0.607. The number of rotatable bonds is 5. The number of nitrogens with zero attached hydrogens (tertiary/aromatic N) is 2. The molecule has 2 nitrogen and oxygen atoms in total. The maximum atomic E-state index is 6.21. The highest BCUT2D eigenvalue weighted by atomic mass is 79.9. The van der Waals surface area contributed by atoms with Gasteiger partial charge in [-0.05, 0) is 36.2 Å². The molecule has 1 heterocycles. The van der Waals surface area contributed by atoms with Gasteiger partial charge in [0.25, 0.3) is 0 Å². The van der Waals surface area contributed by atoms with E-state index in [0.29, 0.717) is 5.92 Å². The molecular formula is C19H18BrClN2S. The van der Waals surface area contributed by atoms with Gasteiger partial charge in [0.05, 0.1) is 11.9 Å². The fourth-order valence-corrected chi connectivity index (χ4v) is 3.76. The molecule has 0 spiro atoms. The van der Waals surface area contributed by atoms with Crippen LogP contribution in [0, 0.1) is 5.92 Å². The van der Waals surface area contributed by atoms with Gasteiger partial charge in [-0.25, -0.2) is 4.98 Å². The van der Waals surface area contributed by atoms with Crippen molar-refractivity contribution in [3.8, 4) is 16.9 Å². The van der Waals surface area contributed by atoms with Gasteiger partial charge in [-0.3, -0.25) is 4.57 Å². The van der Waals surface area contributed by atoms with Crippen LogP contribution in [-0.2, 0) is 0 Å². The van der Waals surface area contributed by atoms with Crippen LogP contribution in [-0.4, -0.2) is 15.3 Å². The molecule has 2 aromatic carbocycles. The molecule has 0 saturated heterocycles. The monoisotopic (exact) mass is 420 g/mol. The van der Waals surface area contributed by atoms with Crippen LogP contribution in [0.15, 0.2) is 64.4 Å². The molecule has 0 amide bonds. The number of hydrogen-bond acceptors (Lipinski definition) is 2. The first-order valence-corrected chi connectivity index (χ1v) is 9.92. The van der Waals surface area contributed by atoms with Gasteiger partial charge in [0.15, 0.2) is 5.16 Å². The molecule has 0 saturated carbocycles. The second kappa shape index (κ2) is 7.77. The fraction of sp³-hybridized carbons (Fsp3) is 0.211. The smallest absolute Gasteiger partial charge is 0.173 e. The molecule has 0 aliphatic rings. The predicted molar refractivity (Wildman–Crippen MR) is 107 cm³/mol. The Labute approximate surface area is 160 Å². The summed E-state index contributed by atoms with van der Waals surface area (Å²) in [5.41, 5.74) is 3.22. The largest absolute Gasteiger partial charge is 0.287 e. The van der Waals surface area contributed by atoms with Crippen molar-refractivity contribution in [3.63, 3.8) is 0 Å². The standard InChI is InChI=1S/C19H18BrClN2S/c1-13(2)12-24-19-22-11-18(14-6-8-15(20)9-7-14)23(19)17-5-3-4-16(21)10-17/h3-11,13H,12H2,1-2H3. The third kappa shape index (κ3) is 4.05. The lowest BCUT2D eigenvalue weighted by Crippen LogP contribution is -2.01. The maximum Gasteiger partial charge on any atom is 0.173 e. The molecule has 0 radical (unpaired) electrons. The zero-order valence-electron chi connectivity index (χ0n) is 13.5. The lowest BCUT2D eigenvalue weighted by atomic mass is 10.1. The lowest BCUT2D eigenvalue weighted by Gasteiger charge is -2.13. The predicted octanol–water partition coefficient (Wildman–Crippen LogP) is 6.70. The van der Waals surface area contributed by atoms with Gasteiger partial charge in [0.2, 0.25) is 0 Å². The summed E-state index contributed by atoms with van der Waals surface area (Å²) < 4.78 is 3.25. The maximum absolute atomic E-state index is 6.21. The molecule has 0 fully saturated rings. The van der Waals surface area contributed by atoms with Crippen molar-refractivity contribution in [2.24, 2.45) is 5.92 Å². The van der Waals surface area contributed by atoms with E-state index in [4.69, 9.17) is 11.6 Å². The number of hydrogen-bond donors (Lipinski definition) is 0. The Hall–Kier alpha value is -1.23. The highest BCUT2D eigenvalue weighted by Gasteiger charge is 2.15. The Bertz CT molecular complexity index is 828. The first kappa shape index (κ1) is 17.6. The van der Waals surface area contributed by atoms with E-state index in [1.54, 1.807) is 11.8 Å². The summed E-state index contributed by atoms with van der Waals surface area (Å²) in [4.78, 5) is 4.66. The van der Waals surface area contributed by atoms with Gasteiger partial charge >= 0.3 is 0 Å². The number of benzene rings is 2. The first-order valence-electron chi connectivity index (χ1n) is 7.77. The zero-order valence-corrected chi connectivity index (χ0v) is 16.7. The van der Waals surface area contributed by atoms with E-state index in [1.165, 1.54) is 0 Å². The van der Waals surface area contributed by atoms with E-state index in [-0.39, 0.29) is 0 Å². The number of imidazole rings is 1. The van der Waals surface area contributed by atoms with E-state index < -0.39 is 0 Å². The number of halogens is 2. The second-order valence-corrected chi connectivity index (χ2v) is 8.29. The van der Waals surface area contributed by atoms with Gasteiger partial charge in [-0.2, -0.15) is 0 Å². The Kier molecular flexibility index (Phi) is 5.69. The molecule has 0 aliphatic carbocycles. The highest BCUT2D eigenvalue weighted by molar-refractivity contribution is 9.10. The highest BCUT2D eigenvalue weighted by Crippen LogP contribution is 2.32. The van der Waals surface area contributed by atoms with Gasteiger partial charge < -0.3 is 0 Å². The Morgan fingerprint density at radius 1 is 1.17 bits per heavy atom. The quantitative estimate of drug-likeness (QED) is 0.426. The van der Waals surface area contributed by atoms with Crippen molar-refractivity contribution < 1.29 is 0 Å². The summed E-state index contributed by atoms with van der Waals surface area (Å²) in [6.45, 7) is 4.44. The van der Waals surface area contributed by atoms with Gasteiger partial charge in [-0.1, -0.05) is 71.3 Å². The molecule has 124 valence electrons. The second-order valence-electron chi connectivity index (χ2n) is 5.95. The summed E-state index contributed by atoms with van der Waals surface area (Å²) >= 11 is 11.5. The first-order chi connectivity index (χ1) is 11.5.